The van der Waals surface area contributed by atoms with Crippen molar-refractivity contribution in [3.8, 4) is 5.75 Å². The lowest BCUT2D eigenvalue weighted by atomic mass is 10.1. The van der Waals surface area contributed by atoms with Gasteiger partial charge in [-0.05, 0) is 53.2 Å². The van der Waals surface area contributed by atoms with Gasteiger partial charge in [0, 0.05) is 8.95 Å². The van der Waals surface area contributed by atoms with Gasteiger partial charge in [0.1, 0.15) is 5.75 Å². The Morgan fingerprint density at radius 1 is 1.15 bits per heavy atom. The fraction of sp³-hybridized carbons (Fsp3) is 0.133. The topological polar surface area (TPSA) is 38.3 Å². The average molecular weight is 399 g/mol. The number of ether oxygens (including phenoxy) is 1. The molecule has 0 heterocycles. The van der Waals surface area contributed by atoms with Crippen LogP contribution in [-0.4, -0.2) is 13.0 Å². The van der Waals surface area contributed by atoms with Crippen molar-refractivity contribution in [2.45, 2.75) is 6.92 Å². The van der Waals surface area contributed by atoms with Crippen LogP contribution in [0.15, 0.2) is 45.3 Å². The minimum Gasteiger partial charge on any atom is -0.495 e. The molecule has 5 heteroatoms. The molecule has 0 radical (unpaired) electrons. The Morgan fingerprint density at radius 3 is 2.60 bits per heavy atom. The number of aryl methyl sites for hydroxylation is 1. The Kier molecular flexibility index (Phi) is 4.83. The van der Waals surface area contributed by atoms with Crippen molar-refractivity contribution in [2.24, 2.45) is 0 Å². The van der Waals surface area contributed by atoms with E-state index in [1.54, 1.807) is 19.2 Å². The Balaban J connectivity index is 2.32. The highest BCUT2D eigenvalue weighted by molar-refractivity contribution is 9.10. The van der Waals surface area contributed by atoms with Gasteiger partial charge in [0.25, 0.3) is 5.91 Å². The number of halogens is 2. The first-order chi connectivity index (χ1) is 9.51. The van der Waals surface area contributed by atoms with Crippen molar-refractivity contribution >= 4 is 43.5 Å². The van der Waals surface area contributed by atoms with Crippen LogP contribution in [0.2, 0.25) is 0 Å². The van der Waals surface area contributed by atoms with Crippen LogP contribution in [0.5, 0.6) is 5.75 Å². The zero-order chi connectivity index (χ0) is 14.7. The Hall–Kier alpha value is -1.33. The number of carbonyl (C=O) groups excluding carboxylic acids is 1. The van der Waals surface area contributed by atoms with Gasteiger partial charge in [-0.3, -0.25) is 4.79 Å². The van der Waals surface area contributed by atoms with Crippen LogP contribution in [0.3, 0.4) is 0 Å². The van der Waals surface area contributed by atoms with Crippen LogP contribution in [-0.2, 0) is 0 Å². The van der Waals surface area contributed by atoms with Gasteiger partial charge in [-0.15, -0.1) is 0 Å². The molecule has 2 aromatic rings. The van der Waals surface area contributed by atoms with E-state index in [-0.39, 0.29) is 5.91 Å². The highest BCUT2D eigenvalue weighted by atomic mass is 79.9. The summed E-state index contributed by atoms with van der Waals surface area (Å²) in [5.74, 6) is 0.433. The molecular weight excluding hydrogens is 386 g/mol. The highest BCUT2D eigenvalue weighted by Gasteiger charge is 2.13. The lowest BCUT2D eigenvalue weighted by Crippen LogP contribution is -2.13. The summed E-state index contributed by atoms with van der Waals surface area (Å²) in [4.78, 5) is 12.4. The summed E-state index contributed by atoms with van der Waals surface area (Å²) in [5, 5.41) is 2.86. The molecule has 0 atom stereocenters. The maximum atomic E-state index is 12.4. The first-order valence-corrected chi connectivity index (χ1v) is 7.51. The van der Waals surface area contributed by atoms with Gasteiger partial charge in [0.2, 0.25) is 0 Å². The molecule has 2 rings (SSSR count). The summed E-state index contributed by atoms with van der Waals surface area (Å²) in [5.41, 5.74) is 2.24. The Labute approximate surface area is 134 Å². The number of rotatable bonds is 3. The largest absolute Gasteiger partial charge is 0.495 e. The maximum Gasteiger partial charge on any atom is 0.256 e. The first-order valence-electron chi connectivity index (χ1n) is 5.92. The van der Waals surface area contributed by atoms with Crippen LogP contribution < -0.4 is 10.1 Å². The predicted molar refractivity (Wildman–Crippen MR) is 87.5 cm³/mol. The molecule has 0 aromatic heterocycles. The van der Waals surface area contributed by atoms with Crippen LogP contribution >= 0.6 is 31.9 Å². The second-order valence-corrected chi connectivity index (χ2v) is 6.05. The lowest BCUT2D eigenvalue weighted by Gasteiger charge is -2.11. The molecule has 0 saturated heterocycles. The third kappa shape index (κ3) is 3.41. The third-order valence-electron chi connectivity index (χ3n) is 2.78. The number of amides is 1. The number of hydrogen-bond acceptors (Lipinski definition) is 2. The van der Waals surface area contributed by atoms with Crippen LogP contribution in [0.4, 0.5) is 5.69 Å². The van der Waals surface area contributed by atoms with Crippen LogP contribution in [0.1, 0.15) is 15.9 Å². The van der Waals surface area contributed by atoms with E-state index in [0.717, 1.165) is 14.5 Å². The highest BCUT2D eigenvalue weighted by Crippen LogP contribution is 2.29. The second kappa shape index (κ2) is 6.41. The fourth-order valence-corrected chi connectivity index (χ4v) is 2.57. The number of hydrogen-bond donors (Lipinski definition) is 1. The molecule has 1 N–H and O–H groups in total. The molecule has 0 saturated carbocycles. The quantitative estimate of drug-likeness (QED) is 0.807. The van der Waals surface area contributed by atoms with Gasteiger partial charge < -0.3 is 10.1 Å². The number of benzene rings is 2. The summed E-state index contributed by atoms with van der Waals surface area (Å²) in [6.07, 6.45) is 0. The van der Waals surface area contributed by atoms with E-state index in [0.29, 0.717) is 17.0 Å². The zero-order valence-electron chi connectivity index (χ0n) is 11.0. The van der Waals surface area contributed by atoms with E-state index < -0.39 is 0 Å². The van der Waals surface area contributed by atoms with Gasteiger partial charge >= 0.3 is 0 Å². The average Bonchev–Trinajstić information content (AvgIpc) is 2.41. The summed E-state index contributed by atoms with van der Waals surface area (Å²) in [6.45, 7) is 1.95. The molecule has 0 aliphatic heterocycles. The summed E-state index contributed by atoms with van der Waals surface area (Å²) < 4.78 is 6.87. The minimum atomic E-state index is -0.183. The zero-order valence-corrected chi connectivity index (χ0v) is 14.2. The van der Waals surface area contributed by atoms with E-state index in [1.165, 1.54) is 0 Å². The minimum absolute atomic E-state index is 0.183. The number of carbonyl (C=O) groups is 1. The van der Waals surface area contributed by atoms with E-state index in [9.17, 15) is 4.79 Å². The van der Waals surface area contributed by atoms with E-state index in [4.69, 9.17) is 4.74 Å². The van der Waals surface area contributed by atoms with Crippen molar-refractivity contribution in [2.75, 3.05) is 12.4 Å². The summed E-state index contributed by atoms with van der Waals surface area (Å²) in [6, 6.07) is 11.1. The fourth-order valence-electron chi connectivity index (χ4n) is 1.78. The van der Waals surface area contributed by atoms with Crippen LogP contribution in [0.25, 0.3) is 0 Å². The molecule has 0 fully saturated rings. The molecule has 0 unspecified atom stereocenters. The molecule has 0 aliphatic rings. The normalized spacial score (nSPS) is 10.2. The SMILES string of the molecule is COc1ccc(Br)cc1NC(=O)c1cc(C)ccc1Br. The molecule has 3 nitrogen and oxygen atoms in total. The van der Waals surface area contributed by atoms with Gasteiger partial charge in [0.15, 0.2) is 0 Å². The molecule has 2 aromatic carbocycles. The molecule has 0 aliphatic carbocycles. The smallest absolute Gasteiger partial charge is 0.256 e. The number of nitrogens with one attached hydrogen (secondary N) is 1. The molecule has 20 heavy (non-hydrogen) atoms. The predicted octanol–water partition coefficient (Wildman–Crippen LogP) is 4.78. The van der Waals surface area contributed by atoms with Crippen molar-refractivity contribution in [3.63, 3.8) is 0 Å². The van der Waals surface area contributed by atoms with Crippen molar-refractivity contribution < 1.29 is 9.53 Å². The van der Waals surface area contributed by atoms with E-state index >= 15 is 0 Å². The lowest BCUT2D eigenvalue weighted by molar-refractivity contribution is 0.102. The van der Waals surface area contributed by atoms with Gasteiger partial charge in [-0.1, -0.05) is 27.6 Å². The monoisotopic (exact) mass is 397 g/mol. The Bertz CT molecular complexity index is 656. The van der Waals surface area contributed by atoms with Crippen LogP contribution in [0, 0.1) is 6.92 Å². The summed E-state index contributed by atoms with van der Waals surface area (Å²) in [7, 11) is 1.57. The second-order valence-electron chi connectivity index (χ2n) is 4.28. The molecule has 0 spiro atoms. The third-order valence-corrected chi connectivity index (χ3v) is 3.96. The van der Waals surface area contributed by atoms with Crippen molar-refractivity contribution in [1.82, 2.24) is 0 Å². The van der Waals surface area contributed by atoms with E-state index in [2.05, 4.69) is 37.2 Å². The first kappa shape index (κ1) is 15.1. The van der Waals surface area contributed by atoms with Gasteiger partial charge in [0.05, 0.1) is 18.4 Å². The molecular formula is C15H13Br2NO2. The van der Waals surface area contributed by atoms with Crippen molar-refractivity contribution in [3.05, 3.63) is 56.5 Å². The molecule has 0 bridgehead atoms. The number of anilines is 1. The van der Waals surface area contributed by atoms with Gasteiger partial charge in [-0.25, -0.2) is 0 Å². The van der Waals surface area contributed by atoms with E-state index in [1.807, 2.05) is 31.2 Å². The Morgan fingerprint density at radius 2 is 1.90 bits per heavy atom. The summed E-state index contributed by atoms with van der Waals surface area (Å²) >= 11 is 6.77. The number of methoxy groups -OCH3 is 1. The van der Waals surface area contributed by atoms with Gasteiger partial charge in [-0.2, -0.15) is 0 Å². The molecule has 1 amide bonds. The van der Waals surface area contributed by atoms with Crippen molar-refractivity contribution in [1.29, 1.82) is 0 Å². The molecule has 104 valence electrons. The maximum absolute atomic E-state index is 12.4. The standard InChI is InChI=1S/C15H13Br2NO2/c1-9-3-5-12(17)11(7-9)15(19)18-13-8-10(16)4-6-14(13)20-2/h3-8H,1-2H3,(H,18,19).